The zero-order chi connectivity index (χ0) is 17.1. The first-order valence-electron chi connectivity index (χ1n) is 7.80. The molecule has 0 spiro atoms. The first-order valence-corrected chi connectivity index (χ1v) is 7.80. The number of carbonyl (C=O) groups is 1. The molecule has 0 radical (unpaired) electrons. The van der Waals surface area contributed by atoms with Crippen LogP contribution < -0.4 is 10.1 Å². The van der Waals surface area contributed by atoms with Gasteiger partial charge in [-0.1, -0.05) is 30.3 Å². The van der Waals surface area contributed by atoms with Crippen molar-refractivity contribution < 1.29 is 9.53 Å². The summed E-state index contributed by atoms with van der Waals surface area (Å²) in [5, 5.41) is 4.15. The van der Waals surface area contributed by atoms with Crippen molar-refractivity contribution in [3.05, 3.63) is 65.9 Å². The number of benzene rings is 2. The Morgan fingerprint density at radius 1 is 1.17 bits per heavy atom. The van der Waals surface area contributed by atoms with Gasteiger partial charge in [0.25, 0.3) is 5.91 Å². The Hall–Kier alpha value is -3.01. The number of fused-ring (bicyclic) bond motifs is 1. The second-order valence-electron chi connectivity index (χ2n) is 5.51. The smallest absolute Gasteiger partial charge is 0.255 e. The van der Waals surface area contributed by atoms with Crippen molar-refractivity contribution in [3.8, 4) is 5.75 Å². The first kappa shape index (κ1) is 15.9. The molecule has 0 saturated heterocycles. The van der Waals surface area contributed by atoms with Crippen LogP contribution in [0.15, 0.2) is 54.6 Å². The minimum atomic E-state index is -0.0759. The van der Waals surface area contributed by atoms with Gasteiger partial charge in [-0.2, -0.15) is 0 Å². The number of carbonyl (C=O) groups excluding carboxylic acids is 1. The fourth-order valence-electron chi connectivity index (χ4n) is 2.93. The van der Waals surface area contributed by atoms with Crippen LogP contribution in [-0.2, 0) is 0 Å². The van der Waals surface area contributed by atoms with Crippen LogP contribution in [0.4, 0.5) is 5.69 Å². The number of methoxy groups -OCH3 is 1. The number of nitrogens with one attached hydrogen (secondary N) is 1. The Morgan fingerprint density at radius 3 is 2.58 bits per heavy atom. The molecule has 3 aromatic rings. The van der Waals surface area contributed by atoms with Crippen molar-refractivity contribution >= 4 is 28.6 Å². The minimum absolute atomic E-state index is 0.0759. The predicted molar refractivity (Wildman–Crippen MR) is 98.9 cm³/mol. The molecule has 4 heteroatoms. The number of hydrogen-bond donors (Lipinski definition) is 1. The van der Waals surface area contributed by atoms with Crippen LogP contribution in [0.5, 0.6) is 5.75 Å². The van der Waals surface area contributed by atoms with E-state index in [9.17, 15) is 4.79 Å². The van der Waals surface area contributed by atoms with Crippen LogP contribution in [0.2, 0.25) is 0 Å². The number of rotatable bonds is 4. The molecular weight excluding hydrogens is 300 g/mol. The number of ether oxygens (including phenoxy) is 1. The average molecular weight is 320 g/mol. The van der Waals surface area contributed by atoms with Gasteiger partial charge in [-0.3, -0.25) is 9.36 Å². The highest BCUT2D eigenvalue weighted by atomic mass is 16.5. The van der Waals surface area contributed by atoms with Gasteiger partial charge in [0.1, 0.15) is 5.75 Å². The van der Waals surface area contributed by atoms with E-state index < -0.39 is 0 Å². The van der Waals surface area contributed by atoms with Crippen LogP contribution in [0.1, 0.15) is 16.1 Å². The standard InChI is InChI=1S/C20H20N2O2/c1-14-20(21-2)17-13-16(24-3)10-11-18(17)22(14)19(23)12-9-15-7-5-4-6-8-15/h4-13,21H,1-3H3/b12-9+. The van der Waals surface area contributed by atoms with Crippen molar-refractivity contribution in [3.63, 3.8) is 0 Å². The molecule has 0 atom stereocenters. The summed E-state index contributed by atoms with van der Waals surface area (Å²) in [6.45, 7) is 1.94. The Balaban J connectivity index is 2.07. The van der Waals surface area contributed by atoms with E-state index in [4.69, 9.17) is 4.74 Å². The molecule has 4 nitrogen and oxygen atoms in total. The summed E-state index contributed by atoms with van der Waals surface area (Å²) in [6.07, 6.45) is 3.43. The van der Waals surface area contributed by atoms with Gasteiger partial charge < -0.3 is 10.1 Å². The van der Waals surface area contributed by atoms with E-state index in [1.54, 1.807) is 17.8 Å². The second-order valence-corrected chi connectivity index (χ2v) is 5.51. The molecule has 1 aromatic heterocycles. The molecule has 0 bridgehead atoms. The normalized spacial score (nSPS) is 11.1. The number of allylic oxidation sites excluding steroid dienone is 1. The molecular formula is C20H20N2O2. The quantitative estimate of drug-likeness (QED) is 0.727. The van der Waals surface area contributed by atoms with Crippen LogP contribution in [-0.4, -0.2) is 24.6 Å². The number of hydrogen-bond acceptors (Lipinski definition) is 3. The molecule has 0 aliphatic carbocycles. The minimum Gasteiger partial charge on any atom is -0.497 e. The third-order valence-corrected chi connectivity index (χ3v) is 4.10. The van der Waals surface area contributed by atoms with Crippen LogP contribution in [0.25, 0.3) is 17.0 Å². The highest BCUT2D eigenvalue weighted by Gasteiger charge is 2.17. The summed E-state index contributed by atoms with van der Waals surface area (Å²) in [7, 11) is 3.49. The van der Waals surface area contributed by atoms with E-state index in [-0.39, 0.29) is 5.91 Å². The summed E-state index contributed by atoms with van der Waals surface area (Å²) in [4.78, 5) is 12.8. The van der Waals surface area contributed by atoms with E-state index in [1.165, 1.54) is 0 Å². The number of aromatic nitrogens is 1. The molecule has 0 amide bonds. The van der Waals surface area contributed by atoms with E-state index in [1.807, 2.05) is 68.6 Å². The van der Waals surface area contributed by atoms with Crippen molar-refractivity contribution in [2.24, 2.45) is 0 Å². The van der Waals surface area contributed by atoms with E-state index in [0.717, 1.165) is 33.6 Å². The third kappa shape index (κ3) is 2.78. The van der Waals surface area contributed by atoms with Gasteiger partial charge in [0.2, 0.25) is 0 Å². The zero-order valence-corrected chi connectivity index (χ0v) is 14.0. The van der Waals surface area contributed by atoms with Gasteiger partial charge in [0, 0.05) is 24.2 Å². The number of anilines is 1. The maximum absolute atomic E-state index is 12.8. The number of nitrogens with zero attached hydrogens (tertiary/aromatic N) is 1. The molecule has 0 aliphatic heterocycles. The van der Waals surface area contributed by atoms with E-state index in [0.29, 0.717) is 0 Å². The summed E-state index contributed by atoms with van der Waals surface area (Å²) < 4.78 is 7.02. The van der Waals surface area contributed by atoms with E-state index >= 15 is 0 Å². The molecule has 0 unspecified atom stereocenters. The average Bonchev–Trinajstić information content (AvgIpc) is 2.90. The van der Waals surface area contributed by atoms with Gasteiger partial charge in [-0.05, 0) is 36.8 Å². The maximum atomic E-state index is 12.8. The molecule has 0 fully saturated rings. The lowest BCUT2D eigenvalue weighted by Gasteiger charge is -2.04. The molecule has 1 N–H and O–H groups in total. The van der Waals surface area contributed by atoms with Gasteiger partial charge >= 0.3 is 0 Å². The SMILES string of the molecule is CNc1c(C)n(C(=O)/C=C/c2ccccc2)c2ccc(OC)cc12. The van der Waals surface area contributed by atoms with Gasteiger partial charge in [-0.15, -0.1) is 0 Å². The van der Waals surface area contributed by atoms with Gasteiger partial charge in [0.15, 0.2) is 0 Å². The van der Waals surface area contributed by atoms with Gasteiger partial charge in [-0.25, -0.2) is 0 Å². The summed E-state index contributed by atoms with van der Waals surface area (Å²) in [5.74, 6) is 0.691. The summed E-state index contributed by atoms with van der Waals surface area (Å²) in [5.41, 5.74) is 3.67. The molecule has 24 heavy (non-hydrogen) atoms. The Kier molecular flexibility index (Phi) is 4.38. The molecule has 3 rings (SSSR count). The fraction of sp³-hybridized carbons (Fsp3) is 0.150. The van der Waals surface area contributed by atoms with Crippen LogP contribution in [0.3, 0.4) is 0 Å². The van der Waals surface area contributed by atoms with Crippen molar-refractivity contribution in [1.82, 2.24) is 4.57 Å². The predicted octanol–water partition coefficient (Wildman–Crippen LogP) is 4.35. The Morgan fingerprint density at radius 2 is 1.92 bits per heavy atom. The van der Waals surface area contributed by atoms with Crippen LogP contribution in [0, 0.1) is 6.92 Å². The molecule has 2 aromatic carbocycles. The van der Waals surface area contributed by atoms with Crippen molar-refractivity contribution in [1.29, 1.82) is 0 Å². The highest BCUT2D eigenvalue weighted by Crippen LogP contribution is 2.33. The van der Waals surface area contributed by atoms with Crippen molar-refractivity contribution in [2.75, 3.05) is 19.5 Å². The summed E-state index contributed by atoms with van der Waals surface area (Å²) in [6, 6.07) is 15.5. The zero-order valence-electron chi connectivity index (χ0n) is 14.0. The highest BCUT2D eigenvalue weighted by molar-refractivity contribution is 6.06. The Bertz CT molecular complexity index is 908. The van der Waals surface area contributed by atoms with Crippen molar-refractivity contribution in [2.45, 2.75) is 6.92 Å². The lowest BCUT2D eigenvalue weighted by atomic mass is 10.2. The first-order chi connectivity index (χ1) is 11.7. The van der Waals surface area contributed by atoms with E-state index in [2.05, 4.69) is 5.32 Å². The lowest BCUT2D eigenvalue weighted by Crippen LogP contribution is -2.09. The molecule has 1 heterocycles. The monoisotopic (exact) mass is 320 g/mol. The lowest BCUT2D eigenvalue weighted by molar-refractivity contribution is 0.0973. The third-order valence-electron chi connectivity index (χ3n) is 4.10. The van der Waals surface area contributed by atoms with Crippen LogP contribution >= 0.6 is 0 Å². The second kappa shape index (κ2) is 6.62. The maximum Gasteiger partial charge on any atom is 0.255 e. The van der Waals surface area contributed by atoms with Gasteiger partial charge in [0.05, 0.1) is 18.3 Å². The Labute approximate surface area is 141 Å². The molecule has 0 aliphatic rings. The molecule has 0 saturated carbocycles. The fourth-order valence-corrected chi connectivity index (χ4v) is 2.93. The topological polar surface area (TPSA) is 43.3 Å². The summed E-state index contributed by atoms with van der Waals surface area (Å²) >= 11 is 0. The molecule has 122 valence electrons. The largest absolute Gasteiger partial charge is 0.497 e.